The number of allylic oxidation sites excluding steroid dienone is 1. The van der Waals surface area contributed by atoms with Crippen molar-refractivity contribution in [3.63, 3.8) is 0 Å². The highest BCUT2D eigenvalue weighted by Gasteiger charge is 2.30. The van der Waals surface area contributed by atoms with Crippen LogP contribution in [-0.2, 0) is 16.0 Å². The van der Waals surface area contributed by atoms with E-state index in [1.54, 1.807) is 0 Å². The summed E-state index contributed by atoms with van der Waals surface area (Å²) in [4.78, 5) is 14.3. The van der Waals surface area contributed by atoms with Gasteiger partial charge in [0.25, 0.3) is 0 Å². The molecule has 22 heavy (non-hydrogen) atoms. The third-order valence-corrected chi connectivity index (χ3v) is 4.53. The number of benzene rings is 1. The average molecular weight is 300 g/mol. The summed E-state index contributed by atoms with van der Waals surface area (Å²) < 4.78 is 5.20. The number of hydrogen-bond acceptors (Lipinski definition) is 4. The molecule has 0 bridgehead atoms. The quantitative estimate of drug-likeness (QED) is 0.853. The van der Waals surface area contributed by atoms with Gasteiger partial charge in [0, 0.05) is 12.7 Å². The third-order valence-electron chi connectivity index (χ3n) is 4.53. The van der Waals surface area contributed by atoms with Gasteiger partial charge in [0.2, 0.25) is 0 Å². The van der Waals surface area contributed by atoms with E-state index in [1.807, 2.05) is 6.92 Å². The fourth-order valence-electron chi connectivity index (χ4n) is 3.39. The molecule has 1 aromatic rings. The van der Waals surface area contributed by atoms with Gasteiger partial charge in [-0.1, -0.05) is 12.1 Å². The molecule has 1 atom stereocenters. The SMILES string of the molecule is CCOC(=O)C1CCCC2=C(N1)N(C)c1cc(C)ccc1C2. The Morgan fingerprint density at radius 3 is 3.05 bits per heavy atom. The normalized spacial score (nSPS) is 20.7. The molecular weight excluding hydrogens is 276 g/mol. The Kier molecular flexibility index (Phi) is 4.10. The van der Waals surface area contributed by atoms with Gasteiger partial charge in [0.05, 0.1) is 6.61 Å². The van der Waals surface area contributed by atoms with Crippen LogP contribution in [0.5, 0.6) is 0 Å². The second-order valence-electron chi connectivity index (χ2n) is 6.16. The molecule has 0 saturated heterocycles. The Morgan fingerprint density at radius 1 is 1.45 bits per heavy atom. The number of carbonyl (C=O) groups excluding carboxylic acids is 1. The lowest BCUT2D eigenvalue weighted by Crippen LogP contribution is -2.42. The lowest BCUT2D eigenvalue weighted by Gasteiger charge is -2.33. The predicted molar refractivity (Wildman–Crippen MR) is 87.7 cm³/mol. The molecular formula is C18H24N2O2. The van der Waals surface area contributed by atoms with Gasteiger partial charge in [0.1, 0.15) is 11.9 Å². The zero-order chi connectivity index (χ0) is 15.7. The van der Waals surface area contributed by atoms with Crippen LogP contribution in [0.2, 0.25) is 0 Å². The molecule has 1 unspecified atom stereocenters. The van der Waals surface area contributed by atoms with Crippen LogP contribution in [0.15, 0.2) is 29.6 Å². The van der Waals surface area contributed by atoms with Crippen molar-refractivity contribution in [2.24, 2.45) is 0 Å². The minimum Gasteiger partial charge on any atom is -0.464 e. The molecule has 0 aromatic heterocycles. The van der Waals surface area contributed by atoms with E-state index in [0.29, 0.717) is 6.61 Å². The minimum absolute atomic E-state index is 0.139. The summed E-state index contributed by atoms with van der Waals surface area (Å²) in [6, 6.07) is 6.37. The fourth-order valence-corrected chi connectivity index (χ4v) is 3.39. The van der Waals surface area contributed by atoms with Crippen LogP contribution in [0.1, 0.15) is 37.3 Å². The number of nitrogens with zero attached hydrogens (tertiary/aromatic N) is 1. The number of hydrogen-bond donors (Lipinski definition) is 1. The summed E-state index contributed by atoms with van der Waals surface area (Å²) in [7, 11) is 2.08. The van der Waals surface area contributed by atoms with E-state index in [1.165, 1.54) is 22.4 Å². The van der Waals surface area contributed by atoms with Crippen LogP contribution in [0.4, 0.5) is 5.69 Å². The molecule has 1 N–H and O–H groups in total. The maximum Gasteiger partial charge on any atom is 0.328 e. The van der Waals surface area contributed by atoms with Gasteiger partial charge in [-0.15, -0.1) is 0 Å². The number of carbonyl (C=O) groups is 1. The lowest BCUT2D eigenvalue weighted by atomic mass is 9.94. The molecule has 4 heteroatoms. The summed E-state index contributed by atoms with van der Waals surface area (Å²) in [5.74, 6) is 0.952. The highest BCUT2D eigenvalue weighted by molar-refractivity contribution is 5.76. The molecule has 0 fully saturated rings. The van der Waals surface area contributed by atoms with Crippen LogP contribution < -0.4 is 10.2 Å². The highest BCUT2D eigenvalue weighted by Crippen LogP contribution is 2.35. The molecule has 2 aliphatic heterocycles. The van der Waals surface area contributed by atoms with Crippen LogP contribution in [0, 0.1) is 6.92 Å². The van der Waals surface area contributed by atoms with Crippen molar-refractivity contribution in [3.8, 4) is 0 Å². The Hall–Kier alpha value is -1.97. The van der Waals surface area contributed by atoms with E-state index < -0.39 is 0 Å². The number of anilines is 1. The van der Waals surface area contributed by atoms with E-state index in [4.69, 9.17) is 4.74 Å². The number of fused-ring (bicyclic) bond motifs is 1. The first-order valence-electron chi connectivity index (χ1n) is 8.08. The number of ether oxygens (including phenoxy) is 1. The number of nitrogens with one attached hydrogen (secondary N) is 1. The standard InChI is InChI=1S/C18H24N2O2/c1-4-22-18(21)15-7-5-6-14-11-13-9-8-12(2)10-16(13)20(3)17(14)19-15/h8-10,15,19H,4-7,11H2,1-3H3. The van der Waals surface area contributed by atoms with E-state index in [9.17, 15) is 4.79 Å². The minimum atomic E-state index is -0.235. The Bertz CT molecular complexity index is 622. The van der Waals surface area contributed by atoms with E-state index >= 15 is 0 Å². The van der Waals surface area contributed by atoms with Crippen molar-refractivity contribution < 1.29 is 9.53 Å². The Labute approximate surface area is 132 Å². The van der Waals surface area contributed by atoms with Crippen LogP contribution >= 0.6 is 0 Å². The predicted octanol–water partition coefficient (Wildman–Crippen LogP) is 2.90. The first-order chi connectivity index (χ1) is 10.6. The van der Waals surface area contributed by atoms with Gasteiger partial charge in [-0.25, -0.2) is 4.79 Å². The second-order valence-corrected chi connectivity index (χ2v) is 6.16. The molecule has 2 heterocycles. The molecule has 1 aromatic carbocycles. The molecule has 118 valence electrons. The maximum absolute atomic E-state index is 12.1. The van der Waals surface area contributed by atoms with Crippen molar-refractivity contribution in [1.29, 1.82) is 0 Å². The van der Waals surface area contributed by atoms with Crippen molar-refractivity contribution in [2.75, 3.05) is 18.6 Å². The third kappa shape index (κ3) is 2.70. The van der Waals surface area contributed by atoms with Crippen LogP contribution in [-0.4, -0.2) is 25.7 Å². The topological polar surface area (TPSA) is 41.6 Å². The van der Waals surface area contributed by atoms with Gasteiger partial charge in [0.15, 0.2) is 0 Å². The van der Waals surface area contributed by atoms with Gasteiger partial charge in [-0.3, -0.25) is 0 Å². The fraction of sp³-hybridized carbons (Fsp3) is 0.500. The second kappa shape index (κ2) is 6.03. The van der Waals surface area contributed by atoms with E-state index in [2.05, 4.69) is 42.4 Å². The monoisotopic (exact) mass is 300 g/mol. The summed E-state index contributed by atoms with van der Waals surface area (Å²) >= 11 is 0. The van der Waals surface area contributed by atoms with E-state index in [0.717, 1.165) is 31.5 Å². The largest absolute Gasteiger partial charge is 0.464 e. The van der Waals surface area contributed by atoms with Gasteiger partial charge < -0.3 is 15.0 Å². The van der Waals surface area contributed by atoms with Crippen LogP contribution in [0.3, 0.4) is 0 Å². The Morgan fingerprint density at radius 2 is 2.27 bits per heavy atom. The highest BCUT2D eigenvalue weighted by atomic mass is 16.5. The molecule has 0 saturated carbocycles. The summed E-state index contributed by atoms with van der Waals surface area (Å²) in [6.07, 6.45) is 3.85. The molecule has 3 rings (SSSR count). The van der Waals surface area contributed by atoms with Gasteiger partial charge >= 0.3 is 5.97 Å². The molecule has 0 radical (unpaired) electrons. The maximum atomic E-state index is 12.1. The van der Waals surface area contributed by atoms with Gasteiger partial charge in [-0.2, -0.15) is 0 Å². The molecule has 0 aliphatic carbocycles. The molecule has 0 amide bonds. The lowest BCUT2D eigenvalue weighted by molar-refractivity contribution is -0.145. The summed E-state index contributed by atoms with van der Waals surface area (Å²) in [6.45, 7) is 4.39. The molecule has 2 aliphatic rings. The zero-order valence-electron chi connectivity index (χ0n) is 13.6. The van der Waals surface area contributed by atoms with E-state index in [-0.39, 0.29) is 12.0 Å². The van der Waals surface area contributed by atoms with Crippen LogP contribution in [0.25, 0.3) is 0 Å². The smallest absolute Gasteiger partial charge is 0.328 e. The number of esters is 1. The first kappa shape index (κ1) is 14.9. The number of rotatable bonds is 2. The average Bonchev–Trinajstić information content (AvgIpc) is 2.71. The van der Waals surface area contributed by atoms with Crippen molar-refractivity contribution in [2.45, 2.75) is 45.6 Å². The first-order valence-corrected chi connectivity index (χ1v) is 8.08. The molecule has 4 nitrogen and oxygen atoms in total. The molecule has 0 spiro atoms. The summed E-state index contributed by atoms with van der Waals surface area (Å²) in [5, 5.41) is 3.44. The van der Waals surface area contributed by atoms with Gasteiger partial charge in [-0.05, 0) is 62.3 Å². The van der Waals surface area contributed by atoms with Crippen molar-refractivity contribution in [3.05, 3.63) is 40.7 Å². The van der Waals surface area contributed by atoms with Crippen molar-refractivity contribution in [1.82, 2.24) is 5.32 Å². The Balaban J connectivity index is 1.89. The van der Waals surface area contributed by atoms with Crippen molar-refractivity contribution >= 4 is 11.7 Å². The number of aryl methyl sites for hydroxylation is 1. The zero-order valence-corrected chi connectivity index (χ0v) is 13.6. The summed E-state index contributed by atoms with van der Waals surface area (Å²) in [5.41, 5.74) is 5.25.